The zero-order valence-corrected chi connectivity index (χ0v) is 16.4. The predicted molar refractivity (Wildman–Crippen MR) is 92.5 cm³/mol. The Morgan fingerprint density at radius 3 is 2.41 bits per heavy atom. The Bertz CT molecular complexity index is 861. The summed E-state index contributed by atoms with van der Waals surface area (Å²) in [6.45, 7) is 0. The summed E-state index contributed by atoms with van der Waals surface area (Å²) >= 11 is 0. The van der Waals surface area contributed by atoms with Crippen LogP contribution in [-0.4, -0.2) is 56.8 Å². The molecule has 1 aliphatic carbocycles. The number of aromatic nitrogens is 2. The molecule has 14 heteroatoms. The Morgan fingerprint density at radius 2 is 1.89 bits per heavy atom. The maximum Gasteiger partial charge on any atom is 0.472 e. The van der Waals surface area contributed by atoms with Gasteiger partial charge in [0.25, 0.3) is 5.56 Å². The molecule has 154 valence electrons. The third-order valence-corrected chi connectivity index (χ3v) is 6.28. The summed E-state index contributed by atoms with van der Waals surface area (Å²) in [6, 6.07) is 0.446. The number of phosphoric acid groups is 1. The molecule has 1 aromatic heterocycles. The Hall–Kier alpha value is -1.10. The minimum Gasteiger partial charge on any atom is -0.377 e. The van der Waals surface area contributed by atoms with Crippen LogP contribution in [0.15, 0.2) is 21.9 Å². The minimum absolute atomic E-state index is 0.0346. The summed E-state index contributed by atoms with van der Waals surface area (Å²) in [6.07, 6.45) is -1.04. The molecule has 2 unspecified atom stereocenters. The second-order valence-electron chi connectivity index (χ2n) is 6.18. The summed E-state index contributed by atoms with van der Waals surface area (Å²) < 4.78 is 39.3. The Labute approximate surface area is 153 Å². The Balaban J connectivity index is 2.39. The van der Waals surface area contributed by atoms with Crippen LogP contribution in [0.5, 0.6) is 0 Å². The summed E-state index contributed by atoms with van der Waals surface area (Å²) in [7, 11) is -6.46. The van der Waals surface area contributed by atoms with E-state index in [4.69, 9.17) is 19.0 Å². The lowest BCUT2D eigenvalue weighted by atomic mass is 10.0. The molecule has 4 N–H and O–H groups in total. The van der Waals surface area contributed by atoms with Crippen LogP contribution in [0.25, 0.3) is 0 Å². The van der Waals surface area contributed by atoms with Crippen molar-refractivity contribution in [1.82, 2.24) is 9.55 Å². The first-order valence-corrected chi connectivity index (χ1v) is 11.2. The number of hydrogen-bond acceptors (Lipinski definition) is 7. The van der Waals surface area contributed by atoms with Crippen LogP contribution < -0.4 is 11.2 Å². The summed E-state index contributed by atoms with van der Waals surface area (Å²) in [4.78, 5) is 53.5. The van der Waals surface area contributed by atoms with Crippen LogP contribution in [0.1, 0.15) is 18.9 Å². The van der Waals surface area contributed by atoms with E-state index in [0.717, 1.165) is 13.2 Å². The van der Waals surface area contributed by atoms with Gasteiger partial charge in [-0.3, -0.25) is 28.0 Å². The second kappa shape index (κ2) is 8.50. The van der Waals surface area contributed by atoms with E-state index in [1.807, 2.05) is 0 Å². The van der Waals surface area contributed by atoms with Gasteiger partial charge in [-0.25, -0.2) is 9.36 Å². The number of nitrogens with zero attached hydrogens (tertiary/aromatic N) is 1. The monoisotopic (exact) mass is 428 g/mol. The van der Waals surface area contributed by atoms with E-state index in [9.17, 15) is 23.6 Å². The van der Waals surface area contributed by atoms with Gasteiger partial charge in [0.15, 0.2) is 0 Å². The highest BCUT2D eigenvalue weighted by Crippen LogP contribution is 2.51. The number of phosphoric ester groups is 1. The number of hydrogen-bond donors (Lipinski definition) is 4. The van der Waals surface area contributed by atoms with Gasteiger partial charge >= 0.3 is 21.1 Å². The largest absolute Gasteiger partial charge is 0.472 e. The SMILES string of the molecule is CO[C@H]1C(n2ccc(=O)[nH]c2=O)C[C@H](CCP(=O)(O)O)[C@H]1OP(=O)(O)OC. The average Bonchev–Trinajstić information content (AvgIpc) is 2.89. The summed E-state index contributed by atoms with van der Waals surface area (Å²) in [5.41, 5.74) is -1.30. The van der Waals surface area contributed by atoms with E-state index >= 15 is 0 Å². The van der Waals surface area contributed by atoms with Crippen LogP contribution in [0, 0.1) is 5.92 Å². The standard InChI is InChI=1S/C13H22N2O10P2/c1-23-12-9(15-5-3-10(16)14-13(15)17)7-8(4-6-26(18,19)20)11(12)25-27(21,22)24-2/h3,5,8-9,11-12H,4,6-7H2,1-2H3,(H,21,22)(H,14,16,17)(H2,18,19,20)/t8-,9?,11+,12-/m0/s1. The van der Waals surface area contributed by atoms with Crippen molar-refractivity contribution >= 4 is 15.4 Å². The first kappa shape index (κ1) is 22.2. The molecule has 1 fully saturated rings. The number of aromatic amines is 1. The highest BCUT2D eigenvalue weighted by atomic mass is 31.2. The smallest absolute Gasteiger partial charge is 0.377 e. The van der Waals surface area contributed by atoms with Crippen molar-refractivity contribution in [2.45, 2.75) is 31.1 Å². The maximum absolute atomic E-state index is 12.1. The average molecular weight is 428 g/mol. The molecule has 1 saturated carbocycles. The fourth-order valence-electron chi connectivity index (χ4n) is 3.28. The molecule has 0 spiro atoms. The van der Waals surface area contributed by atoms with E-state index in [2.05, 4.69) is 9.51 Å². The maximum atomic E-state index is 12.1. The van der Waals surface area contributed by atoms with Gasteiger partial charge < -0.3 is 19.4 Å². The molecule has 0 bridgehead atoms. The predicted octanol–water partition coefficient (Wildman–Crippen LogP) is -0.188. The van der Waals surface area contributed by atoms with Gasteiger partial charge in [0.2, 0.25) is 0 Å². The Kier molecular flexibility index (Phi) is 6.99. The highest BCUT2D eigenvalue weighted by molar-refractivity contribution is 7.51. The zero-order valence-electron chi connectivity index (χ0n) is 14.6. The molecule has 1 heterocycles. The van der Waals surface area contributed by atoms with E-state index in [1.165, 1.54) is 17.9 Å². The first-order chi connectivity index (χ1) is 12.5. The molecule has 12 nitrogen and oxygen atoms in total. The van der Waals surface area contributed by atoms with Gasteiger partial charge in [0, 0.05) is 26.5 Å². The third-order valence-electron chi connectivity index (χ3n) is 4.47. The molecule has 0 amide bonds. The lowest BCUT2D eigenvalue weighted by Crippen LogP contribution is -2.38. The summed E-state index contributed by atoms with van der Waals surface area (Å²) in [5, 5.41) is 0. The minimum atomic E-state index is -4.43. The quantitative estimate of drug-likeness (QED) is 0.406. The molecule has 1 aliphatic rings. The van der Waals surface area contributed by atoms with Gasteiger partial charge in [0.05, 0.1) is 12.2 Å². The van der Waals surface area contributed by atoms with Crippen molar-refractivity contribution in [2.24, 2.45) is 5.92 Å². The fraction of sp³-hybridized carbons (Fsp3) is 0.692. The van der Waals surface area contributed by atoms with Crippen LogP contribution >= 0.6 is 15.4 Å². The first-order valence-electron chi connectivity index (χ1n) is 7.93. The van der Waals surface area contributed by atoms with E-state index in [0.29, 0.717) is 0 Å². The number of nitrogens with one attached hydrogen (secondary N) is 1. The van der Waals surface area contributed by atoms with Crippen molar-refractivity contribution in [3.63, 3.8) is 0 Å². The molecule has 0 aromatic carbocycles. The normalized spacial score (nSPS) is 28.2. The highest BCUT2D eigenvalue weighted by Gasteiger charge is 2.48. The van der Waals surface area contributed by atoms with Crippen molar-refractivity contribution in [2.75, 3.05) is 20.4 Å². The number of ether oxygens (including phenoxy) is 1. The van der Waals surface area contributed by atoms with Crippen molar-refractivity contribution in [3.8, 4) is 0 Å². The van der Waals surface area contributed by atoms with E-state index in [1.54, 1.807) is 0 Å². The van der Waals surface area contributed by atoms with Crippen molar-refractivity contribution in [3.05, 3.63) is 33.1 Å². The van der Waals surface area contributed by atoms with Crippen LogP contribution in [-0.2, 0) is 22.9 Å². The fourth-order valence-corrected chi connectivity index (χ4v) is 4.63. The third kappa shape index (κ3) is 5.69. The van der Waals surface area contributed by atoms with Crippen molar-refractivity contribution in [1.29, 1.82) is 0 Å². The summed E-state index contributed by atoms with van der Waals surface area (Å²) in [5.74, 6) is -0.609. The number of methoxy groups -OCH3 is 1. The molecule has 1 aromatic rings. The second-order valence-corrected chi connectivity index (χ2v) is 9.47. The molecule has 0 aliphatic heterocycles. The zero-order chi connectivity index (χ0) is 20.4. The lowest BCUT2D eigenvalue weighted by molar-refractivity contribution is -0.0250. The van der Waals surface area contributed by atoms with Gasteiger partial charge in [-0.2, -0.15) is 0 Å². The number of rotatable bonds is 8. The molecular weight excluding hydrogens is 406 g/mol. The van der Waals surface area contributed by atoms with Gasteiger partial charge in [0.1, 0.15) is 12.2 Å². The Morgan fingerprint density at radius 1 is 1.22 bits per heavy atom. The van der Waals surface area contributed by atoms with Gasteiger partial charge in [-0.1, -0.05) is 0 Å². The van der Waals surface area contributed by atoms with Crippen LogP contribution in [0.3, 0.4) is 0 Å². The molecule has 27 heavy (non-hydrogen) atoms. The lowest BCUT2D eigenvalue weighted by Gasteiger charge is -2.27. The van der Waals surface area contributed by atoms with Crippen molar-refractivity contribution < 1.29 is 37.6 Å². The van der Waals surface area contributed by atoms with E-state index in [-0.39, 0.29) is 12.8 Å². The van der Waals surface area contributed by atoms with E-state index < -0.39 is 57.0 Å². The van der Waals surface area contributed by atoms with Gasteiger partial charge in [-0.15, -0.1) is 0 Å². The molecule has 2 rings (SSSR count). The molecular formula is C13H22N2O10P2. The molecule has 0 radical (unpaired) electrons. The molecule has 5 atom stereocenters. The van der Waals surface area contributed by atoms with Crippen LogP contribution in [0.4, 0.5) is 0 Å². The van der Waals surface area contributed by atoms with Gasteiger partial charge in [-0.05, 0) is 18.8 Å². The van der Waals surface area contributed by atoms with Crippen LogP contribution in [0.2, 0.25) is 0 Å². The molecule has 0 saturated heterocycles. The topological polar surface area (TPSA) is 177 Å². The number of H-pyrrole nitrogens is 1.